The average Bonchev–Trinajstić information content (AvgIpc) is 2.76. The number of fused-ring (bicyclic) bond motifs is 1. The summed E-state index contributed by atoms with van der Waals surface area (Å²) in [5, 5.41) is 5.12. The van der Waals surface area contributed by atoms with Gasteiger partial charge in [0, 0.05) is 5.39 Å². The quantitative estimate of drug-likeness (QED) is 0.592. The molecule has 1 amide bonds. The molecule has 0 aliphatic rings. The first-order valence-electron chi connectivity index (χ1n) is 9.74. The predicted molar refractivity (Wildman–Crippen MR) is 115 cm³/mol. The zero-order valence-electron chi connectivity index (χ0n) is 17.3. The minimum absolute atomic E-state index is 0.150. The highest BCUT2D eigenvalue weighted by atomic mass is 16.5. The summed E-state index contributed by atoms with van der Waals surface area (Å²) in [6.45, 7) is 3.88. The molecule has 3 aromatic carbocycles. The van der Waals surface area contributed by atoms with Gasteiger partial charge in [-0.15, -0.1) is 0 Å². The summed E-state index contributed by atoms with van der Waals surface area (Å²) in [6.07, 6.45) is -0.0170. The summed E-state index contributed by atoms with van der Waals surface area (Å²) in [7, 11) is 3.19. The molecule has 0 saturated heterocycles. The van der Waals surface area contributed by atoms with Crippen LogP contribution in [0.1, 0.15) is 31.9 Å². The van der Waals surface area contributed by atoms with Crippen LogP contribution in [-0.2, 0) is 4.79 Å². The van der Waals surface area contributed by atoms with Gasteiger partial charge in [-0.2, -0.15) is 0 Å². The normalized spacial score (nSPS) is 12.8. The van der Waals surface area contributed by atoms with Crippen LogP contribution >= 0.6 is 0 Å². The summed E-state index contributed by atoms with van der Waals surface area (Å²) >= 11 is 0. The molecule has 3 aromatic rings. The monoisotopic (exact) mass is 393 g/mol. The number of rotatable bonds is 8. The average molecular weight is 393 g/mol. The fourth-order valence-corrected chi connectivity index (χ4v) is 3.29. The highest BCUT2D eigenvalue weighted by Crippen LogP contribution is 2.30. The fraction of sp³-hybridized carbons (Fsp3) is 0.292. The molecule has 152 valence electrons. The largest absolute Gasteiger partial charge is 0.493 e. The third-order valence-corrected chi connectivity index (χ3v) is 4.95. The second-order valence-corrected chi connectivity index (χ2v) is 6.84. The van der Waals surface area contributed by atoms with Crippen LogP contribution in [0.2, 0.25) is 0 Å². The summed E-state index contributed by atoms with van der Waals surface area (Å²) in [6, 6.07) is 19.3. The first kappa shape index (κ1) is 20.5. The van der Waals surface area contributed by atoms with Crippen molar-refractivity contribution in [1.29, 1.82) is 0 Å². The Kier molecular flexibility index (Phi) is 6.60. The van der Waals surface area contributed by atoms with E-state index in [-0.39, 0.29) is 11.9 Å². The molecule has 2 unspecified atom stereocenters. The van der Waals surface area contributed by atoms with Crippen LogP contribution in [0.3, 0.4) is 0 Å². The summed E-state index contributed by atoms with van der Waals surface area (Å²) in [4.78, 5) is 12.9. The Labute approximate surface area is 171 Å². The van der Waals surface area contributed by atoms with Crippen molar-refractivity contribution in [2.24, 2.45) is 0 Å². The molecule has 5 heteroatoms. The molecular formula is C24H27NO4. The number of carbonyl (C=O) groups excluding carboxylic acids is 1. The fourth-order valence-electron chi connectivity index (χ4n) is 3.29. The number of carbonyl (C=O) groups is 1. The van der Waals surface area contributed by atoms with E-state index in [0.717, 1.165) is 16.3 Å². The van der Waals surface area contributed by atoms with Crippen molar-refractivity contribution in [1.82, 2.24) is 5.32 Å². The van der Waals surface area contributed by atoms with Gasteiger partial charge < -0.3 is 19.5 Å². The lowest BCUT2D eigenvalue weighted by molar-refractivity contribution is -0.128. The molecule has 0 heterocycles. The van der Waals surface area contributed by atoms with Crippen molar-refractivity contribution in [3.05, 3.63) is 66.2 Å². The standard InChI is InChI=1S/C24H27NO4/c1-5-20(29-21-12-8-10-17-9-6-7-11-19(17)21)24(26)25-16(2)18-13-14-22(27-3)23(15-18)28-4/h6-16,20H,5H2,1-4H3,(H,25,26). The van der Waals surface area contributed by atoms with Crippen LogP contribution in [0.15, 0.2) is 60.7 Å². The topological polar surface area (TPSA) is 56.8 Å². The molecule has 5 nitrogen and oxygen atoms in total. The van der Waals surface area contributed by atoms with E-state index in [0.29, 0.717) is 23.7 Å². The minimum atomic E-state index is -0.580. The van der Waals surface area contributed by atoms with Gasteiger partial charge >= 0.3 is 0 Å². The Balaban J connectivity index is 1.74. The van der Waals surface area contributed by atoms with E-state index in [1.807, 2.05) is 74.5 Å². The van der Waals surface area contributed by atoms with E-state index in [1.54, 1.807) is 14.2 Å². The van der Waals surface area contributed by atoms with Crippen LogP contribution in [0.25, 0.3) is 10.8 Å². The number of amides is 1. The van der Waals surface area contributed by atoms with Crippen molar-refractivity contribution in [3.8, 4) is 17.2 Å². The molecule has 0 spiro atoms. The molecule has 29 heavy (non-hydrogen) atoms. The van der Waals surface area contributed by atoms with E-state index in [2.05, 4.69) is 5.32 Å². The second kappa shape index (κ2) is 9.32. The number of hydrogen-bond acceptors (Lipinski definition) is 4. The molecule has 0 aliphatic carbocycles. The smallest absolute Gasteiger partial charge is 0.261 e. The molecule has 0 fully saturated rings. The minimum Gasteiger partial charge on any atom is -0.493 e. The van der Waals surface area contributed by atoms with Crippen molar-refractivity contribution in [2.75, 3.05) is 14.2 Å². The summed E-state index contributed by atoms with van der Waals surface area (Å²) in [5.41, 5.74) is 0.927. The maximum atomic E-state index is 12.9. The van der Waals surface area contributed by atoms with Gasteiger partial charge in [0.15, 0.2) is 17.6 Å². The summed E-state index contributed by atoms with van der Waals surface area (Å²) < 4.78 is 16.7. The Hall–Kier alpha value is -3.21. The Morgan fingerprint density at radius 1 is 0.931 bits per heavy atom. The van der Waals surface area contributed by atoms with E-state index in [4.69, 9.17) is 14.2 Å². The van der Waals surface area contributed by atoms with Gasteiger partial charge in [0.25, 0.3) is 5.91 Å². The number of hydrogen-bond donors (Lipinski definition) is 1. The molecule has 0 bridgehead atoms. The third kappa shape index (κ3) is 4.62. The SMILES string of the molecule is CCC(Oc1cccc2ccccc12)C(=O)NC(C)c1ccc(OC)c(OC)c1. The van der Waals surface area contributed by atoms with Crippen LogP contribution in [0.4, 0.5) is 0 Å². The van der Waals surface area contributed by atoms with E-state index < -0.39 is 6.10 Å². The molecule has 1 N–H and O–H groups in total. The lowest BCUT2D eigenvalue weighted by Crippen LogP contribution is -2.39. The van der Waals surface area contributed by atoms with Crippen LogP contribution < -0.4 is 19.5 Å². The maximum Gasteiger partial charge on any atom is 0.261 e. The Morgan fingerprint density at radius 3 is 2.38 bits per heavy atom. The predicted octanol–water partition coefficient (Wildman–Crippen LogP) is 4.89. The van der Waals surface area contributed by atoms with Crippen LogP contribution in [-0.4, -0.2) is 26.2 Å². The van der Waals surface area contributed by atoms with Gasteiger partial charge in [0.2, 0.25) is 0 Å². The highest BCUT2D eigenvalue weighted by molar-refractivity contribution is 5.89. The van der Waals surface area contributed by atoms with Crippen molar-refractivity contribution in [3.63, 3.8) is 0 Å². The highest BCUT2D eigenvalue weighted by Gasteiger charge is 2.22. The van der Waals surface area contributed by atoms with Crippen LogP contribution in [0, 0.1) is 0 Å². The number of methoxy groups -OCH3 is 2. The first-order valence-corrected chi connectivity index (χ1v) is 9.74. The molecular weight excluding hydrogens is 366 g/mol. The van der Waals surface area contributed by atoms with Gasteiger partial charge in [-0.3, -0.25) is 4.79 Å². The van der Waals surface area contributed by atoms with E-state index in [1.165, 1.54) is 0 Å². The number of ether oxygens (including phenoxy) is 3. The zero-order valence-corrected chi connectivity index (χ0v) is 17.3. The van der Waals surface area contributed by atoms with Crippen molar-refractivity contribution in [2.45, 2.75) is 32.4 Å². The van der Waals surface area contributed by atoms with Gasteiger partial charge in [-0.1, -0.05) is 49.4 Å². The van der Waals surface area contributed by atoms with E-state index in [9.17, 15) is 4.79 Å². The van der Waals surface area contributed by atoms with Gasteiger partial charge in [0.1, 0.15) is 5.75 Å². The first-order chi connectivity index (χ1) is 14.1. The van der Waals surface area contributed by atoms with E-state index >= 15 is 0 Å². The maximum absolute atomic E-state index is 12.9. The van der Waals surface area contributed by atoms with Gasteiger partial charge in [-0.05, 0) is 42.5 Å². The lowest BCUT2D eigenvalue weighted by atomic mass is 10.1. The molecule has 0 saturated carbocycles. The molecule has 3 rings (SSSR count). The van der Waals surface area contributed by atoms with Gasteiger partial charge in [-0.25, -0.2) is 0 Å². The second-order valence-electron chi connectivity index (χ2n) is 6.84. The van der Waals surface area contributed by atoms with Crippen molar-refractivity contribution < 1.29 is 19.0 Å². The molecule has 0 radical (unpaired) electrons. The zero-order chi connectivity index (χ0) is 20.8. The van der Waals surface area contributed by atoms with Crippen LogP contribution in [0.5, 0.6) is 17.2 Å². The summed E-state index contributed by atoms with van der Waals surface area (Å²) in [5.74, 6) is 1.84. The molecule has 0 aliphatic heterocycles. The number of benzene rings is 3. The lowest BCUT2D eigenvalue weighted by Gasteiger charge is -2.22. The number of nitrogens with one attached hydrogen (secondary N) is 1. The van der Waals surface area contributed by atoms with Gasteiger partial charge in [0.05, 0.1) is 20.3 Å². The Bertz CT molecular complexity index is 980. The van der Waals surface area contributed by atoms with Crippen molar-refractivity contribution >= 4 is 16.7 Å². The molecule has 2 atom stereocenters. The molecule has 0 aromatic heterocycles. The third-order valence-electron chi connectivity index (χ3n) is 4.95. The Morgan fingerprint density at radius 2 is 1.66 bits per heavy atom.